The van der Waals surface area contributed by atoms with E-state index in [-0.39, 0.29) is 0 Å². The van der Waals surface area contributed by atoms with Crippen LogP contribution < -0.4 is 5.32 Å². The van der Waals surface area contributed by atoms with Crippen molar-refractivity contribution in [2.24, 2.45) is 0 Å². The van der Waals surface area contributed by atoms with Crippen LogP contribution in [0.3, 0.4) is 0 Å². The molecule has 0 bridgehead atoms. The van der Waals surface area contributed by atoms with Crippen molar-refractivity contribution in [3.05, 3.63) is 66.2 Å². The number of hydrogen-bond donors (Lipinski definition) is 1. The van der Waals surface area contributed by atoms with Crippen molar-refractivity contribution in [1.29, 1.82) is 0 Å². The Labute approximate surface area is 135 Å². The zero-order valence-electron chi connectivity index (χ0n) is 13.8. The van der Waals surface area contributed by atoms with Gasteiger partial charge in [-0.3, -0.25) is 0 Å². The molecule has 0 spiro atoms. The SMILES string of the molecule is CCCCCCCCC(Nc1ccccc1)c1ccccc1. The fourth-order valence-corrected chi connectivity index (χ4v) is 2.87. The summed E-state index contributed by atoms with van der Waals surface area (Å²) in [4.78, 5) is 0. The average molecular weight is 295 g/mol. The highest BCUT2D eigenvalue weighted by Gasteiger charge is 2.10. The highest BCUT2D eigenvalue weighted by molar-refractivity contribution is 5.45. The van der Waals surface area contributed by atoms with E-state index < -0.39 is 0 Å². The van der Waals surface area contributed by atoms with Crippen LogP contribution in [0, 0.1) is 0 Å². The second kappa shape index (κ2) is 10.0. The summed E-state index contributed by atoms with van der Waals surface area (Å²) in [7, 11) is 0. The monoisotopic (exact) mass is 295 g/mol. The zero-order chi connectivity index (χ0) is 15.5. The van der Waals surface area contributed by atoms with E-state index in [1.54, 1.807) is 0 Å². The molecule has 1 heteroatoms. The molecule has 0 amide bonds. The van der Waals surface area contributed by atoms with Crippen molar-refractivity contribution < 1.29 is 0 Å². The summed E-state index contributed by atoms with van der Waals surface area (Å²) in [6, 6.07) is 21.8. The summed E-state index contributed by atoms with van der Waals surface area (Å²) in [5.74, 6) is 0. The van der Waals surface area contributed by atoms with Crippen LogP contribution in [0.2, 0.25) is 0 Å². The Morgan fingerprint density at radius 2 is 1.32 bits per heavy atom. The summed E-state index contributed by atoms with van der Waals surface area (Å²) < 4.78 is 0. The summed E-state index contributed by atoms with van der Waals surface area (Å²) >= 11 is 0. The molecule has 0 heterocycles. The van der Waals surface area contributed by atoms with Crippen LogP contribution in [0.15, 0.2) is 60.7 Å². The fourth-order valence-electron chi connectivity index (χ4n) is 2.87. The Balaban J connectivity index is 1.88. The normalized spacial score (nSPS) is 12.0. The smallest absolute Gasteiger partial charge is 0.0513 e. The van der Waals surface area contributed by atoms with Crippen molar-refractivity contribution in [2.75, 3.05) is 5.32 Å². The van der Waals surface area contributed by atoms with Crippen molar-refractivity contribution in [1.82, 2.24) is 0 Å². The minimum atomic E-state index is 0.412. The predicted octanol–water partition coefficient (Wildman–Crippen LogP) is 6.59. The van der Waals surface area contributed by atoms with Gasteiger partial charge in [0.1, 0.15) is 0 Å². The molecule has 0 aliphatic heterocycles. The van der Waals surface area contributed by atoms with Gasteiger partial charge in [0.05, 0.1) is 6.04 Å². The first-order valence-electron chi connectivity index (χ1n) is 8.76. The van der Waals surface area contributed by atoms with Crippen molar-refractivity contribution in [3.8, 4) is 0 Å². The van der Waals surface area contributed by atoms with Crippen LogP contribution in [0.25, 0.3) is 0 Å². The van der Waals surface area contributed by atoms with E-state index in [9.17, 15) is 0 Å². The number of anilines is 1. The van der Waals surface area contributed by atoms with Gasteiger partial charge < -0.3 is 5.32 Å². The minimum Gasteiger partial charge on any atom is -0.378 e. The zero-order valence-corrected chi connectivity index (χ0v) is 13.8. The van der Waals surface area contributed by atoms with E-state index in [1.165, 1.54) is 56.2 Å². The van der Waals surface area contributed by atoms with E-state index in [4.69, 9.17) is 0 Å². The third kappa shape index (κ3) is 5.93. The second-order valence-corrected chi connectivity index (χ2v) is 6.03. The fraction of sp³-hybridized carbons (Fsp3) is 0.429. The molecule has 2 aromatic rings. The topological polar surface area (TPSA) is 12.0 Å². The Bertz CT molecular complexity index is 492. The van der Waals surface area contributed by atoms with E-state index in [0.717, 1.165) is 0 Å². The molecule has 1 unspecified atom stereocenters. The second-order valence-electron chi connectivity index (χ2n) is 6.03. The van der Waals surface area contributed by atoms with E-state index >= 15 is 0 Å². The lowest BCUT2D eigenvalue weighted by atomic mass is 9.99. The number of nitrogens with one attached hydrogen (secondary N) is 1. The van der Waals surface area contributed by atoms with Crippen molar-refractivity contribution >= 4 is 5.69 Å². The van der Waals surface area contributed by atoms with Gasteiger partial charge in [0.25, 0.3) is 0 Å². The Kier molecular flexibility index (Phi) is 7.59. The molecule has 0 fully saturated rings. The van der Waals surface area contributed by atoms with E-state index in [0.29, 0.717) is 6.04 Å². The first-order valence-corrected chi connectivity index (χ1v) is 8.76. The molecule has 118 valence electrons. The third-order valence-electron chi connectivity index (χ3n) is 4.16. The first-order chi connectivity index (χ1) is 10.9. The van der Waals surface area contributed by atoms with E-state index in [1.807, 2.05) is 0 Å². The maximum absolute atomic E-state index is 3.70. The number of para-hydroxylation sites is 1. The van der Waals surface area contributed by atoms with E-state index in [2.05, 4.69) is 72.9 Å². The highest BCUT2D eigenvalue weighted by atomic mass is 14.9. The molecule has 2 rings (SSSR count). The Morgan fingerprint density at radius 3 is 2.00 bits per heavy atom. The van der Waals surface area contributed by atoms with Crippen LogP contribution >= 0.6 is 0 Å². The van der Waals surface area contributed by atoms with Gasteiger partial charge in [0, 0.05) is 5.69 Å². The molecule has 0 aromatic heterocycles. The first kappa shape index (κ1) is 16.6. The summed E-state index contributed by atoms with van der Waals surface area (Å²) in [5.41, 5.74) is 2.60. The molecule has 2 aromatic carbocycles. The third-order valence-corrected chi connectivity index (χ3v) is 4.16. The number of unbranched alkanes of at least 4 members (excludes halogenated alkanes) is 5. The van der Waals surface area contributed by atoms with Gasteiger partial charge in [-0.25, -0.2) is 0 Å². The van der Waals surface area contributed by atoms with Gasteiger partial charge in [-0.1, -0.05) is 94.0 Å². The summed E-state index contributed by atoms with van der Waals surface area (Å²) in [6.45, 7) is 2.27. The largest absolute Gasteiger partial charge is 0.378 e. The molecule has 22 heavy (non-hydrogen) atoms. The molecule has 1 atom stereocenters. The van der Waals surface area contributed by atoms with Crippen LogP contribution in [-0.2, 0) is 0 Å². The van der Waals surface area contributed by atoms with Crippen LogP contribution in [0.4, 0.5) is 5.69 Å². The van der Waals surface area contributed by atoms with Gasteiger partial charge in [0.2, 0.25) is 0 Å². The quantitative estimate of drug-likeness (QED) is 0.487. The Morgan fingerprint density at radius 1 is 0.727 bits per heavy atom. The number of hydrogen-bond acceptors (Lipinski definition) is 1. The molecular formula is C21H29N. The maximum Gasteiger partial charge on any atom is 0.0513 e. The van der Waals surface area contributed by atoms with Gasteiger partial charge in [-0.05, 0) is 24.1 Å². The van der Waals surface area contributed by atoms with Crippen molar-refractivity contribution in [2.45, 2.75) is 57.9 Å². The molecule has 0 saturated heterocycles. The Hall–Kier alpha value is -1.76. The van der Waals surface area contributed by atoms with Crippen molar-refractivity contribution in [3.63, 3.8) is 0 Å². The van der Waals surface area contributed by atoms with Gasteiger partial charge in [-0.2, -0.15) is 0 Å². The molecule has 0 radical (unpaired) electrons. The summed E-state index contributed by atoms with van der Waals surface area (Å²) in [5, 5.41) is 3.70. The van der Waals surface area contributed by atoms with Crippen LogP contribution in [-0.4, -0.2) is 0 Å². The summed E-state index contributed by atoms with van der Waals surface area (Å²) in [6.07, 6.45) is 9.31. The molecular weight excluding hydrogens is 266 g/mol. The van der Waals surface area contributed by atoms with Gasteiger partial charge in [-0.15, -0.1) is 0 Å². The number of benzene rings is 2. The van der Waals surface area contributed by atoms with Crippen LogP contribution in [0.1, 0.15) is 63.5 Å². The van der Waals surface area contributed by atoms with Gasteiger partial charge in [0.15, 0.2) is 0 Å². The molecule has 0 aliphatic rings. The minimum absolute atomic E-state index is 0.412. The molecule has 0 saturated carbocycles. The van der Waals surface area contributed by atoms with Crippen LogP contribution in [0.5, 0.6) is 0 Å². The molecule has 0 aliphatic carbocycles. The number of rotatable bonds is 10. The lowest BCUT2D eigenvalue weighted by molar-refractivity contribution is 0.562. The molecule has 1 N–H and O–H groups in total. The highest BCUT2D eigenvalue weighted by Crippen LogP contribution is 2.25. The van der Waals surface area contributed by atoms with Gasteiger partial charge >= 0.3 is 0 Å². The maximum atomic E-state index is 3.70. The predicted molar refractivity (Wildman–Crippen MR) is 97.2 cm³/mol. The lowest BCUT2D eigenvalue weighted by Gasteiger charge is -2.20. The average Bonchev–Trinajstić information content (AvgIpc) is 2.58. The lowest BCUT2D eigenvalue weighted by Crippen LogP contribution is -2.10. The molecule has 1 nitrogen and oxygen atoms in total. The standard InChI is InChI=1S/C21H29N/c1-2-3-4-5-6-13-18-21(19-14-9-7-10-15-19)22-20-16-11-8-12-17-20/h7-12,14-17,21-22H,2-6,13,18H2,1H3.